The van der Waals surface area contributed by atoms with Crippen molar-refractivity contribution < 1.29 is 9.53 Å². The fraction of sp³-hybridized carbons (Fsp3) is 0.294. The van der Waals surface area contributed by atoms with Crippen LogP contribution < -0.4 is 5.32 Å². The van der Waals surface area contributed by atoms with Gasteiger partial charge in [-0.25, -0.2) is 9.48 Å². The molecule has 0 atom stereocenters. The molecule has 2 aromatic rings. The Morgan fingerprint density at radius 2 is 1.91 bits per heavy atom. The van der Waals surface area contributed by atoms with E-state index in [9.17, 15) is 4.79 Å². The summed E-state index contributed by atoms with van der Waals surface area (Å²) < 4.78 is 6.65. The molecule has 116 valence electrons. The number of hydrogen-bond donors (Lipinski definition) is 1. The number of allylic oxidation sites excluding steroid dienone is 1. The van der Waals surface area contributed by atoms with Crippen molar-refractivity contribution in [3.63, 3.8) is 0 Å². The Kier molecular flexibility index (Phi) is 4.35. The lowest BCUT2D eigenvalue weighted by Gasteiger charge is -2.14. The fourth-order valence-corrected chi connectivity index (χ4v) is 1.89. The molecule has 0 radical (unpaired) electrons. The Bertz CT molecular complexity index is 682. The fourth-order valence-electron chi connectivity index (χ4n) is 1.89. The second-order valence-corrected chi connectivity index (χ2v) is 6.13. The maximum Gasteiger partial charge on any atom is 0.417 e. The number of ether oxygens (including phenoxy) is 1. The average molecular weight is 299 g/mol. The highest BCUT2D eigenvalue weighted by molar-refractivity contribution is 5.84. The number of nitrogens with zero attached hydrogens (tertiary/aromatic N) is 2. The van der Waals surface area contributed by atoms with Crippen LogP contribution in [0.5, 0.6) is 0 Å². The Balaban J connectivity index is 2.40. The van der Waals surface area contributed by atoms with Crippen molar-refractivity contribution in [2.75, 3.05) is 5.32 Å². The van der Waals surface area contributed by atoms with E-state index in [4.69, 9.17) is 4.74 Å². The largest absolute Gasteiger partial charge is 0.417 e. The number of amides is 1. The van der Waals surface area contributed by atoms with Crippen LogP contribution in [-0.2, 0) is 10.2 Å². The highest BCUT2D eigenvalue weighted by Gasteiger charge is 2.21. The summed E-state index contributed by atoms with van der Waals surface area (Å²) in [6.45, 7) is 11.4. The van der Waals surface area contributed by atoms with Gasteiger partial charge in [-0.1, -0.05) is 45.5 Å². The van der Waals surface area contributed by atoms with E-state index in [1.54, 1.807) is 11.6 Å². The lowest BCUT2D eigenvalue weighted by Crippen LogP contribution is -2.15. The van der Waals surface area contributed by atoms with Crippen molar-refractivity contribution in [3.8, 4) is 5.69 Å². The molecular formula is C17H21N3O2. The number of nitrogens with one attached hydrogen (secondary N) is 1. The molecule has 0 bridgehead atoms. The zero-order valence-corrected chi connectivity index (χ0v) is 13.4. The molecule has 0 fully saturated rings. The topological polar surface area (TPSA) is 56.1 Å². The second kappa shape index (κ2) is 6.05. The molecule has 5 heteroatoms. The quantitative estimate of drug-likeness (QED) is 0.862. The normalized spacial score (nSPS) is 11.1. The molecule has 1 N–H and O–H groups in total. The van der Waals surface area contributed by atoms with Gasteiger partial charge in [-0.3, -0.25) is 5.32 Å². The van der Waals surface area contributed by atoms with Crippen LogP contribution in [0.4, 0.5) is 10.6 Å². The SMILES string of the molecule is C=C(C)OC(=O)Nc1cc(C(C)(C)C)nn1-c1ccccc1. The Morgan fingerprint density at radius 1 is 1.27 bits per heavy atom. The van der Waals surface area contributed by atoms with E-state index in [2.05, 4.69) is 37.8 Å². The number of carbonyl (C=O) groups excluding carboxylic acids is 1. The molecule has 1 heterocycles. The van der Waals surface area contributed by atoms with Gasteiger partial charge < -0.3 is 4.74 Å². The van der Waals surface area contributed by atoms with Gasteiger partial charge in [-0.2, -0.15) is 5.10 Å². The highest BCUT2D eigenvalue weighted by Crippen LogP contribution is 2.26. The van der Waals surface area contributed by atoms with E-state index < -0.39 is 6.09 Å². The van der Waals surface area contributed by atoms with E-state index in [-0.39, 0.29) is 5.41 Å². The van der Waals surface area contributed by atoms with Crippen LogP contribution in [0.3, 0.4) is 0 Å². The molecule has 0 unspecified atom stereocenters. The molecule has 5 nitrogen and oxygen atoms in total. The van der Waals surface area contributed by atoms with Gasteiger partial charge in [-0.15, -0.1) is 0 Å². The third kappa shape index (κ3) is 3.75. The zero-order valence-electron chi connectivity index (χ0n) is 13.4. The number of para-hydroxylation sites is 1. The van der Waals surface area contributed by atoms with Crippen LogP contribution >= 0.6 is 0 Å². The van der Waals surface area contributed by atoms with Gasteiger partial charge in [0.25, 0.3) is 0 Å². The Morgan fingerprint density at radius 3 is 2.45 bits per heavy atom. The molecule has 0 aliphatic carbocycles. The minimum Gasteiger partial charge on any atom is -0.416 e. The number of anilines is 1. The van der Waals surface area contributed by atoms with Crippen LogP contribution in [0.1, 0.15) is 33.4 Å². The third-order valence-corrected chi connectivity index (χ3v) is 2.98. The first-order valence-electron chi connectivity index (χ1n) is 7.07. The van der Waals surface area contributed by atoms with Crippen molar-refractivity contribution in [3.05, 3.63) is 54.4 Å². The van der Waals surface area contributed by atoms with Crippen LogP contribution in [-0.4, -0.2) is 15.9 Å². The Labute approximate surface area is 130 Å². The first-order chi connectivity index (χ1) is 10.3. The molecule has 1 amide bonds. The predicted octanol–water partition coefficient (Wildman–Crippen LogP) is 4.25. The molecule has 22 heavy (non-hydrogen) atoms. The van der Waals surface area contributed by atoms with E-state index in [1.807, 2.05) is 36.4 Å². The monoisotopic (exact) mass is 299 g/mol. The third-order valence-electron chi connectivity index (χ3n) is 2.98. The molecule has 2 rings (SSSR count). The van der Waals surface area contributed by atoms with Gasteiger partial charge >= 0.3 is 6.09 Å². The molecular weight excluding hydrogens is 278 g/mol. The maximum atomic E-state index is 11.8. The standard InChI is InChI=1S/C17H21N3O2/c1-12(2)22-16(21)18-15-11-14(17(3,4)5)19-20(15)13-9-7-6-8-10-13/h6-11H,1H2,2-5H3,(H,18,21). The van der Waals surface area contributed by atoms with E-state index >= 15 is 0 Å². The summed E-state index contributed by atoms with van der Waals surface area (Å²) in [7, 11) is 0. The van der Waals surface area contributed by atoms with Crippen LogP contribution in [0.2, 0.25) is 0 Å². The van der Waals surface area contributed by atoms with Crippen molar-refractivity contribution in [2.45, 2.75) is 33.1 Å². The molecule has 1 aromatic carbocycles. The molecule has 0 spiro atoms. The van der Waals surface area contributed by atoms with Gasteiger partial charge in [-0.05, 0) is 19.1 Å². The minimum absolute atomic E-state index is 0.130. The Hall–Kier alpha value is -2.56. The van der Waals surface area contributed by atoms with Crippen LogP contribution in [0.25, 0.3) is 5.69 Å². The van der Waals surface area contributed by atoms with E-state index in [0.29, 0.717) is 11.6 Å². The highest BCUT2D eigenvalue weighted by atomic mass is 16.6. The lowest BCUT2D eigenvalue weighted by atomic mass is 9.92. The van der Waals surface area contributed by atoms with Gasteiger partial charge in [0, 0.05) is 11.5 Å². The van der Waals surface area contributed by atoms with Gasteiger partial charge in [0.1, 0.15) is 5.82 Å². The first-order valence-corrected chi connectivity index (χ1v) is 7.07. The lowest BCUT2D eigenvalue weighted by molar-refractivity contribution is 0.192. The van der Waals surface area contributed by atoms with Crippen molar-refractivity contribution in [1.82, 2.24) is 9.78 Å². The van der Waals surface area contributed by atoms with Crippen LogP contribution in [0, 0.1) is 0 Å². The number of aromatic nitrogens is 2. The average Bonchev–Trinajstić information content (AvgIpc) is 2.82. The summed E-state index contributed by atoms with van der Waals surface area (Å²) in [5, 5.41) is 7.32. The summed E-state index contributed by atoms with van der Waals surface area (Å²) in [5.74, 6) is 0.890. The first kappa shape index (κ1) is 15.8. The molecule has 1 aromatic heterocycles. The van der Waals surface area contributed by atoms with E-state index in [0.717, 1.165) is 11.4 Å². The summed E-state index contributed by atoms with van der Waals surface area (Å²) in [4.78, 5) is 11.8. The minimum atomic E-state index is -0.579. The summed E-state index contributed by atoms with van der Waals surface area (Å²) in [5.41, 5.74) is 1.61. The van der Waals surface area contributed by atoms with Gasteiger partial charge in [0.2, 0.25) is 0 Å². The summed E-state index contributed by atoms with van der Waals surface area (Å²) >= 11 is 0. The summed E-state index contributed by atoms with van der Waals surface area (Å²) in [6.07, 6.45) is -0.579. The predicted molar refractivity (Wildman–Crippen MR) is 87.2 cm³/mol. The smallest absolute Gasteiger partial charge is 0.416 e. The molecule has 0 aliphatic heterocycles. The number of benzene rings is 1. The second-order valence-electron chi connectivity index (χ2n) is 6.13. The van der Waals surface area contributed by atoms with E-state index in [1.165, 1.54) is 0 Å². The zero-order chi connectivity index (χ0) is 16.3. The molecule has 0 aliphatic rings. The van der Waals surface area contributed by atoms with Crippen LogP contribution in [0.15, 0.2) is 48.7 Å². The van der Waals surface area contributed by atoms with Crippen molar-refractivity contribution in [2.24, 2.45) is 0 Å². The number of carbonyl (C=O) groups is 1. The van der Waals surface area contributed by atoms with Crippen molar-refractivity contribution >= 4 is 11.9 Å². The maximum absolute atomic E-state index is 11.8. The molecule has 0 saturated carbocycles. The van der Waals surface area contributed by atoms with Gasteiger partial charge in [0.15, 0.2) is 0 Å². The van der Waals surface area contributed by atoms with Crippen molar-refractivity contribution in [1.29, 1.82) is 0 Å². The number of hydrogen-bond acceptors (Lipinski definition) is 3. The number of rotatable bonds is 3. The summed E-state index contributed by atoms with van der Waals surface area (Å²) in [6, 6.07) is 11.5. The van der Waals surface area contributed by atoms with Gasteiger partial charge in [0.05, 0.1) is 17.1 Å². The molecule has 0 saturated heterocycles.